The molecule has 19 heavy (non-hydrogen) atoms. The van der Waals surface area contributed by atoms with E-state index in [0.717, 1.165) is 24.5 Å². The number of anilines is 1. The van der Waals surface area contributed by atoms with Crippen LogP contribution in [0.25, 0.3) is 0 Å². The minimum absolute atomic E-state index is 0.233. The molecule has 1 saturated heterocycles. The van der Waals surface area contributed by atoms with Crippen molar-refractivity contribution in [2.24, 2.45) is 5.73 Å². The van der Waals surface area contributed by atoms with E-state index in [0.29, 0.717) is 12.6 Å². The Morgan fingerprint density at radius 2 is 2.21 bits per heavy atom. The molecule has 5 nitrogen and oxygen atoms in total. The van der Waals surface area contributed by atoms with Gasteiger partial charge in [-0.2, -0.15) is 0 Å². The summed E-state index contributed by atoms with van der Waals surface area (Å²) in [7, 11) is 0. The lowest BCUT2D eigenvalue weighted by atomic mass is 10.1. The molecule has 1 aliphatic heterocycles. The van der Waals surface area contributed by atoms with E-state index in [2.05, 4.69) is 12.2 Å². The van der Waals surface area contributed by atoms with Crippen molar-refractivity contribution in [2.45, 2.75) is 31.9 Å². The molecule has 0 saturated carbocycles. The topological polar surface area (TPSA) is 73.6 Å². The maximum atomic E-state index is 10.6. The summed E-state index contributed by atoms with van der Waals surface area (Å²) in [6.45, 7) is 3.20. The highest BCUT2D eigenvalue weighted by atomic mass is 16.5. The number of rotatable bonds is 6. The van der Waals surface area contributed by atoms with Gasteiger partial charge in [0, 0.05) is 12.3 Å². The zero-order chi connectivity index (χ0) is 13.7. The van der Waals surface area contributed by atoms with Crippen molar-refractivity contribution in [1.82, 2.24) is 0 Å². The van der Waals surface area contributed by atoms with Gasteiger partial charge in [0.25, 0.3) is 0 Å². The van der Waals surface area contributed by atoms with Crippen molar-refractivity contribution in [3.05, 3.63) is 24.3 Å². The molecule has 0 bridgehead atoms. The van der Waals surface area contributed by atoms with Crippen LogP contribution in [-0.4, -0.2) is 31.3 Å². The van der Waals surface area contributed by atoms with E-state index in [9.17, 15) is 4.79 Å². The lowest BCUT2D eigenvalue weighted by Gasteiger charge is -2.17. The number of hydrogen-bond donors (Lipinski definition) is 2. The molecule has 0 aliphatic carbocycles. The minimum atomic E-state index is -0.353. The zero-order valence-corrected chi connectivity index (χ0v) is 11.1. The van der Waals surface area contributed by atoms with Gasteiger partial charge in [-0.3, -0.25) is 4.79 Å². The molecule has 1 aliphatic rings. The van der Waals surface area contributed by atoms with Gasteiger partial charge in [0.05, 0.1) is 25.2 Å². The first-order chi connectivity index (χ1) is 9.15. The van der Waals surface area contributed by atoms with Crippen LogP contribution in [0.1, 0.15) is 19.8 Å². The van der Waals surface area contributed by atoms with Crippen LogP contribution in [0.15, 0.2) is 24.3 Å². The maximum absolute atomic E-state index is 10.6. The molecule has 5 heteroatoms. The van der Waals surface area contributed by atoms with E-state index in [-0.39, 0.29) is 18.4 Å². The summed E-state index contributed by atoms with van der Waals surface area (Å²) >= 11 is 0. The van der Waals surface area contributed by atoms with E-state index < -0.39 is 0 Å². The number of ether oxygens (including phenoxy) is 2. The standard InChI is InChI=1S/C14H20N2O3/c1-10-13(6-8-18-10)16-11-2-4-12(5-3-11)19-9-7-14(15)17/h2-5,10,13,16H,6-9H2,1H3,(H2,15,17). The zero-order valence-electron chi connectivity index (χ0n) is 11.1. The number of nitrogens with one attached hydrogen (secondary N) is 1. The number of amides is 1. The van der Waals surface area contributed by atoms with Gasteiger partial charge < -0.3 is 20.5 Å². The van der Waals surface area contributed by atoms with Gasteiger partial charge in [-0.1, -0.05) is 0 Å². The Labute approximate surface area is 113 Å². The maximum Gasteiger partial charge on any atom is 0.220 e. The lowest BCUT2D eigenvalue weighted by Crippen LogP contribution is -2.26. The molecular weight excluding hydrogens is 244 g/mol. The van der Waals surface area contributed by atoms with E-state index in [4.69, 9.17) is 15.2 Å². The van der Waals surface area contributed by atoms with Crippen LogP contribution >= 0.6 is 0 Å². The molecule has 2 atom stereocenters. The molecule has 1 aromatic rings. The third-order valence-corrected chi connectivity index (χ3v) is 3.20. The van der Waals surface area contributed by atoms with Crippen molar-refractivity contribution in [3.8, 4) is 5.75 Å². The average Bonchev–Trinajstić information content (AvgIpc) is 2.77. The van der Waals surface area contributed by atoms with Crippen molar-refractivity contribution in [2.75, 3.05) is 18.5 Å². The fourth-order valence-electron chi connectivity index (χ4n) is 2.05. The number of carbonyl (C=O) groups is 1. The number of hydrogen-bond acceptors (Lipinski definition) is 4. The molecule has 1 amide bonds. The molecule has 3 N–H and O–H groups in total. The predicted octanol–water partition coefficient (Wildman–Crippen LogP) is 1.53. The number of benzene rings is 1. The predicted molar refractivity (Wildman–Crippen MR) is 73.2 cm³/mol. The Kier molecular flexibility index (Phi) is 4.63. The summed E-state index contributed by atoms with van der Waals surface area (Å²) in [5, 5.41) is 3.44. The minimum Gasteiger partial charge on any atom is -0.493 e. The van der Waals surface area contributed by atoms with Crippen molar-refractivity contribution in [3.63, 3.8) is 0 Å². The SMILES string of the molecule is CC1OCCC1Nc1ccc(OCCC(N)=O)cc1. The van der Waals surface area contributed by atoms with Gasteiger partial charge in [-0.25, -0.2) is 0 Å². The molecular formula is C14H20N2O3. The molecule has 2 rings (SSSR count). The molecule has 104 valence electrons. The van der Waals surface area contributed by atoms with Crippen molar-refractivity contribution < 1.29 is 14.3 Å². The highest BCUT2D eigenvalue weighted by Gasteiger charge is 2.23. The summed E-state index contributed by atoms with van der Waals surface area (Å²) in [5.74, 6) is 0.385. The lowest BCUT2D eigenvalue weighted by molar-refractivity contribution is -0.118. The Morgan fingerprint density at radius 3 is 2.79 bits per heavy atom. The number of primary amides is 1. The summed E-state index contributed by atoms with van der Waals surface area (Å²) in [4.78, 5) is 10.6. The van der Waals surface area contributed by atoms with Gasteiger partial charge in [-0.05, 0) is 37.6 Å². The Balaban J connectivity index is 1.82. The fraction of sp³-hybridized carbons (Fsp3) is 0.500. The van der Waals surface area contributed by atoms with Crippen LogP contribution in [-0.2, 0) is 9.53 Å². The van der Waals surface area contributed by atoms with E-state index in [1.807, 2.05) is 24.3 Å². The Hall–Kier alpha value is -1.75. The molecule has 0 aromatic heterocycles. The third-order valence-electron chi connectivity index (χ3n) is 3.20. The van der Waals surface area contributed by atoms with Gasteiger partial charge in [0.1, 0.15) is 5.75 Å². The summed E-state index contributed by atoms with van der Waals surface area (Å²) in [5.41, 5.74) is 6.09. The van der Waals surface area contributed by atoms with Gasteiger partial charge >= 0.3 is 0 Å². The van der Waals surface area contributed by atoms with Crippen LogP contribution in [0.5, 0.6) is 5.75 Å². The van der Waals surface area contributed by atoms with Gasteiger partial charge in [-0.15, -0.1) is 0 Å². The number of carbonyl (C=O) groups excluding carboxylic acids is 1. The first-order valence-corrected chi connectivity index (χ1v) is 6.54. The molecule has 1 fully saturated rings. The van der Waals surface area contributed by atoms with Crippen LogP contribution in [0.3, 0.4) is 0 Å². The van der Waals surface area contributed by atoms with E-state index in [1.165, 1.54) is 0 Å². The Bertz CT molecular complexity index is 419. The van der Waals surface area contributed by atoms with Crippen LogP contribution < -0.4 is 15.8 Å². The molecule has 0 spiro atoms. The number of nitrogens with two attached hydrogens (primary N) is 1. The normalized spacial score (nSPS) is 22.2. The van der Waals surface area contributed by atoms with Crippen LogP contribution in [0.2, 0.25) is 0 Å². The van der Waals surface area contributed by atoms with Crippen molar-refractivity contribution >= 4 is 11.6 Å². The van der Waals surface area contributed by atoms with Gasteiger partial charge in [0.15, 0.2) is 0 Å². The second kappa shape index (κ2) is 6.43. The van der Waals surface area contributed by atoms with E-state index >= 15 is 0 Å². The fourth-order valence-corrected chi connectivity index (χ4v) is 2.05. The molecule has 2 unspecified atom stereocenters. The second-order valence-electron chi connectivity index (χ2n) is 4.70. The van der Waals surface area contributed by atoms with Crippen molar-refractivity contribution in [1.29, 1.82) is 0 Å². The Morgan fingerprint density at radius 1 is 1.47 bits per heavy atom. The smallest absolute Gasteiger partial charge is 0.220 e. The highest BCUT2D eigenvalue weighted by Crippen LogP contribution is 2.21. The first kappa shape index (κ1) is 13.7. The van der Waals surface area contributed by atoms with Gasteiger partial charge in [0.2, 0.25) is 5.91 Å². The van der Waals surface area contributed by atoms with Crippen LogP contribution in [0.4, 0.5) is 5.69 Å². The quantitative estimate of drug-likeness (QED) is 0.817. The summed E-state index contributed by atoms with van der Waals surface area (Å²) < 4.78 is 10.9. The third kappa shape index (κ3) is 4.13. The molecule has 1 heterocycles. The summed E-state index contributed by atoms with van der Waals surface area (Å²) in [6.07, 6.45) is 1.50. The largest absolute Gasteiger partial charge is 0.493 e. The summed E-state index contributed by atoms with van der Waals surface area (Å²) in [6, 6.07) is 8.05. The first-order valence-electron chi connectivity index (χ1n) is 6.54. The second-order valence-corrected chi connectivity index (χ2v) is 4.70. The van der Waals surface area contributed by atoms with Crippen LogP contribution in [0, 0.1) is 0 Å². The highest BCUT2D eigenvalue weighted by molar-refractivity contribution is 5.73. The average molecular weight is 264 g/mol. The van der Waals surface area contributed by atoms with E-state index in [1.54, 1.807) is 0 Å². The molecule has 0 radical (unpaired) electrons. The molecule has 1 aromatic carbocycles. The monoisotopic (exact) mass is 264 g/mol.